The Morgan fingerprint density at radius 3 is 2.42 bits per heavy atom. The molecule has 1 aliphatic carbocycles. The Kier molecular flexibility index (Phi) is 5.18. The number of rotatable bonds is 6. The molecule has 1 heterocycles. The fourth-order valence-electron chi connectivity index (χ4n) is 2.92. The Labute approximate surface area is 143 Å². The molecule has 5 nitrogen and oxygen atoms in total. The third kappa shape index (κ3) is 3.96. The normalized spacial score (nSPS) is 18.1. The van der Waals surface area contributed by atoms with Crippen LogP contribution >= 0.6 is 0 Å². The lowest BCUT2D eigenvalue weighted by molar-refractivity contribution is -0.132. The van der Waals surface area contributed by atoms with E-state index in [0.29, 0.717) is 6.54 Å². The summed E-state index contributed by atoms with van der Waals surface area (Å²) in [5, 5.41) is 5.69. The van der Waals surface area contributed by atoms with Crippen LogP contribution in [0, 0.1) is 5.92 Å². The Bertz CT molecular complexity index is 612. The first-order valence-corrected chi connectivity index (χ1v) is 8.70. The van der Waals surface area contributed by atoms with E-state index >= 15 is 0 Å². The van der Waals surface area contributed by atoms with Gasteiger partial charge in [0, 0.05) is 31.2 Å². The first-order chi connectivity index (χ1) is 11.6. The minimum atomic E-state index is -0.493. The van der Waals surface area contributed by atoms with E-state index in [0.717, 1.165) is 37.9 Å². The van der Waals surface area contributed by atoms with Crippen molar-refractivity contribution in [3.63, 3.8) is 0 Å². The fourth-order valence-corrected chi connectivity index (χ4v) is 2.92. The first-order valence-electron chi connectivity index (χ1n) is 8.70. The SMILES string of the molecule is C[C@@H](NC(=O)C1CCC1)C(=O)NCc1ccc(N2CC=CC2)cc1. The maximum absolute atomic E-state index is 12.1. The van der Waals surface area contributed by atoms with Gasteiger partial charge in [-0.25, -0.2) is 0 Å². The van der Waals surface area contributed by atoms with Crippen LogP contribution < -0.4 is 15.5 Å². The van der Waals surface area contributed by atoms with Crippen LogP contribution in [-0.2, 0) is 16.1 Å². The van der Waals surface area contributed by atoms with Crippen LogP contribution in [0.5, 0.6) is 0 Å². The fraction of sp³-hybridized carbons (Fsp3) is 0.474. The summed E-state index contributed by atoms with van der Waals surface area (Å²) >= 11 is 0. The number of carbonyl (C=O) groups is 2. The predicted molar refractivity (Wildman–Crippen MR) is 94.6 cm³/mol. The highest BCUT2D eigenvalue weighted by Gasteiger charge is 2.27. The van der Waals surface area contributed by atoms with Gasteiger partial charge in [0.1, 0.15) is 6.04 Å². The molecule has 1 atom stereocenters. The maximum atomic E-state index is 12.1. The number of carbonyl (C=O) groups excluding carboxylic acids is 2. The number of nitrogens with one attached hydrogen (secondary N) is 2. The van der Waals surface area contributed by atoms with Gasteiger partial charge < -0.3 is 15.5 Å². The smallest absolute Gasteiger partial charge is 0.242 e. The van der Waals surface area contributed by atoms with E-state index in [1.807, 2.05) is 12.1 Å². The topological polar surface area (TPSA) is 61.4 Å². The van der Waals surface area contributed by atoms with Crippen LogP contribution in [0.25, 0.3) is 0 Å². The molecule has 0 bridgehead atoms. The van der Waals surface area contributed by atoms with Crippen molar-refractivity contribution in [2.45, 2.75) is 38.8 Å². The maximum Gasteiger partial charge on any atom is 0.242 e. The van der Waals surface area contributed by atoms with Gasteiger partial charge in [-0.1, -0.05) is 30.7 Å². The molecule has 1 saturated carbocycles. The summed E-state index contributed by atoms with van der Waals surface area (Å²) < 4.78 is 0. The van der Waals surface area contributed by atoms with E-state index in [1.165, 1.54) is 5.69 Å². The minimum Gasteiger partial charge on any atom is -0.364 e. The van der Waals surface area contributed by atoms with Crippen LogP contribution in [0.1, 0.15) is 31.7 Å². The molecule has 2 aliphatic rings. The van der Waals surface area contributed by atoms with E-state index in [-0.39, 0.29) is 17.7 Å². The molecule has 3 rings (SSSR count). The van der Waals surface area contributed by atoms with Crippen LogP contribution in [0.15, 0.2) is 36.4 Å². The average Bonchev–Trinajstić information content (AvgIpc) is 3.05. The Hall–Kier alpha value is -2.30. The zero-order valence-electron chi connectivity index (χ0n) is 14.1. The largest absolute Gasteiger partial charge is 0.364 e. The molecular formula is C19H25N3O2. The van der Waals surface area contributed by atoms with Crippen molar-refractivity contribution in [1.82, 2.24) is 10.6 Å². The molecule has 24 heavy (non-hydrogen) atoms. The second kappa shape index (κ2) is 7.51. The highest BCUT2D eigenvalue weighted by Crippen LogP contribution is 2.26. The van der Waals surface area contributed by atoms with E-state index in [4.69, 9.17) is 0 Å². The van der Waals surface area contributed by atoms with Gasteiger partial charge >= 0.3 is 0 Å². The number of hydrogen-bond donors (Lipinski definition) is 2. The van der Waals surface area contributed by atoms with Crippen molar-refractivity contribution in [1.29, 1.82) is 0 Å². The Balaban J connectivity index is 1.44. The van der Waals surface area contributed by atoms with Gasteiger partial charge in [-0.05, 0) is 37.5 Å². The van der Waals surface area contributed by atoms with Crippen LogP contribution in [-0.4, -0.2) is 30.9 Å². The molecule has 1 aromatic rings. The van der Waals surface area contributed by atoms with E-state index in [2.05, 4.69) is 39.8 Å². The number of nitrogens with zero attached hydrogens (tertiary/aromatic N) is 1. The monoisotopic (exact) mass is 327 g/mol. The first kappa shape index (κ1) is 16.6. The Morgan fingerprint density at radius 1 is 1.17 bits per heavy atom. The summed E-state index contributed by atoms with van der Waals surface area (Å²) in [6, 6.07) is 7.73. The number of anilines is 1. The van der Waals surface area contributed by atoms with Crippen molar-refractivity contribution >= 4 is 17.5 Å². The molecule has 2 amide bonds. The summed E-state index contributed by atoms with van der Waals surface area (Å²) in [5.74, 6) is -0.0316. The highest BCUT2D eigenvalue weighted by atomic mass is 16.2. The van der Waals surface area contributed by atoms with Gasteiger partial charge in [0.15, 0.2) is 0 Å². The second-order valence-corrected chi connectivity index (χ2v) is 6.62. The predicted octanol–water partition coefficient (Wildman–Crippen LogP) is 1.98. The van der Waals surface area contributed by atoms with Gasteiger partial charge in [-0.3, -0.25) is 9.59 Å². The van der Waals surface area contributed by atoms with Crippen molar-refractivity contribution in [2.24, 2.45) is 5.92 Å². The second-order valence-electron chi connectivity index (χ2n) is 6.62. The van der Waals surface area contributed by atoms with Gasteiger partial charge in [-0.15, -0.1) is 0 Å². The van der Waals surface area contributed by atoms with Crippen molar-refractivity contribution in [3.8, 4) is 0 Å². The van der Waals surface area contributed by atoms with E-state index < -0.39 is 6.04 Å². The quantitative estimate of drug-likeness (QED) is 0.786. The van der Waals surface area contributed by atoms with Gasteiger partial charge in [0.05, 0.1) is 0 Å². The van der Waals surface area contributed by atoms with Gasteiger partial charge in [0.2, 0.25) is 11.8 Å². The summed E-state index contributed by atoms with van der Waals surface area (Å²) in [6.07, 6.45) is 7.32. The van der Waals surface area contributed by atoms with Gasteiger partial charge in [0.25, 0.3) is 0 Å². The number of benzene rings is 1. The summed E-state index contributed by atoms with van der Waals surface area (Å²) in [6.45, 7) is 4.11. The molecule has 0 saturated heterocycles. The molecule has 128 valence electrons. The molecule has 1 aromatic carbocycles. The summed E-state index contributed by atoms with van der Waals surface area (Å²) in [4.78, 5) is 26.3. The Morgan fingerprint density at radius 2 is 1.83 bits per heavy atom. The van der Waals surface area contributed by atoms with Crippen LogP contribution in [0.2, 0.25) is 0 Å². The van der Waals surface area contributed by atoms with E-state index in [1.54, 1.807) is 6.92 Å². The van der Waals surface area contributed by atoms with E-state index in [9.17, 15) is 9.59 Å². The molecule has 0 unspecified atom stereocenters. The molecular weight excluding hydrogens is 302 g/mol. The standard InChI is InChI=1S/C19H25N3O2/c1-14(21-19(24)16-5-4-6-16)18(23)20-13-15-7-9-17(10-8-15)22-11-2-3-12-22/h2-3,7-10,14,16H,4-6,11-13H2,1H3,(H,20,23)(H,21,24)/t14-/m1/s1. The molecule has 1 aliphatic heterocycles. The molecule has 0 radical (unpaired) electrons. The zero-order valence-corrected chi connectivity index (χ0v) is 14.1. The van der Waals surface area contributed by atoms with Crippen molar-refractivity contribution < 1.29 is 9.59 Å². The molecule has 1 fully saturated rings. The molecule has 0 aromatic heterocycles. The number of amides is 2. The highest BCUT2D eigenvalue weighted by molar-refractivity contribution is 5.88. The lowest BCUT2D eigenvalue weighted by Gasteiger charge is -2.25. The third-order valence-corrected chi connectivity index (χ3v) is 4.81. The number of hydrogen-bond acceptors (Lipinski definition) is 3. The van der Waals surface area contributed by atoms with Crippen molar-refractivity contribution in [2.75, 3.05) is 18.0 Å². The minimum absolute atomic E-state index is 0.00692. The van der Waals surface area contributed by atoms with Crippen LogP contribution in [0.3, 0.4) is 0 Å². The van der Waals surface area contributed by atoms with Crippen molar-refractivity contribution in [3.05, 3.63) is 42.0 Å². The molecule has 0 spiro atoms. The summed E-state index contributed by atoms with van der Waals surface area (Å²) in [7, 11) is 0. The van der Waals surface area contributed by atoms with Gasteiger partial charge in [-0.2, -0.15) is 0 Å². The molecule has 5 heteroatoms. The lowest BCUT2D eigenvalue weighted by atomic mass is 9.84. The van der Waals surface area contributed by atoms with Crippen LogP contribution in [0.4, 0.5) is 5.69 Å². The average molecular weight is 327 g/mol. The third-order valence-electron chi connectivity index (χ3n) is 4.81. The lowest BCUT2D eigenvalue weighted by Crippen LogP contribution is -2.47. The zero-order chi connectivity index (χ0) is 16.9. The summed E-state index contributed by atoms with van der Waals surface area (Å²) in [5.41, 5.74) is 2.24. The molecule has 2 N–H and O–H groups in total.